The van der Waals surface area contributed by atoms with E-state index in [1.54, 1.807) is 0 Å². The van der Waals surface area contributed by atoms with Crippen molar-refractivity contribution >= 4 is 11.6 Å². The van der Waals surface area contributed by atoms with Gasteiger partial charge < -0.3 is 10.2 Å². The smallest absolute Gasteiger partial charge is 0.244 e. The molecule has 1 fully saturated rings. The Morgan fingerprint density at radius 3 is 3.06 bits per heavy atom. The summed E-state index contributed by atoms with van der Waals surface area (Å²) in [6.45, 7) is 4.04. The predicted molar refractivity (Wildman–Crippen MR) is 72.7 cm³/mol. The van der Waals surface area contributed by atoms with Gasteiger partial charge in [0.25, 0.3) is 0 Å². The molecule has 96 valence electrons. The molecular formula is C15H20N2O. The lowest BCUT2D eigenvalue weighted by Crippen LogP contribution is -2.49. The fourth-order valence-corrected chi connectivity index (χ4v) is 3.05. The van der Waals surface area contributed by atoms with Crippen molar-refractivity contribution in [1.82, 2.24) is 5.32 Å². The zero-order chi connectivity index (χ0) is 12.5. The van der Waals surface area contributed by atoms with E-state index in [0.717, 1.165) is 31.6 Å². The van der Waals surface area contributed by atoms with Crippen LogP contribution in [0.15, 0.2) is 24.3 Å². The van der Waals surface area contributed by atoms with Crippen LogP contribution in [0.1, 0.15) is 25.3 Å². The lowest BCUT2D eigenvalue weighted by molar-refractivity contribution is -0.121. The van der Waals surface area contributed by atoms with Crippen LogP contribution in [-0.4, -0.2) is 25.0 Å². The van der Waals surface area contributed by atoms with Gasteiger partial charge in [-0.25, -0.2) is 0 Å². The van der Waals surface area contributed by atoms with Gasteiger partial charge in [-0.15, -0.1) is 0 Å². The Bertz CT molecular complexity index is 458. The number of amides is 1. The maximum atomic E-state index is 12.6. The van der Waals surface area contributed by atoms with Crippen molar-refractivity contribution in [2.24, 2.45) is 5.92 Å². The maximum absolute atomic E-state index is 12.6. The third-order valence-corrected chi connectivity index (χ3v) is 4.12. The highest BCUT2D eigenvalue weighted by molar-refractivity contribution is 5.99. The van der Waals surface area contributed by atoms with Crippen molar-refractivity contribution in [3.05, 3.63) is 29.8 Å². The van der Waals surface area contributed by atoms with Crippen LogP contribution in [0.5, 0.6) is 0 Å². The van der Waals surface area contributed by atoms with Gasteiger partial charge in [-0.1, -0.05) is 25.1 Å². The predicted octanol–water partition coefficient (Wildman–Crippen LogP) is 1.96. The molecule has 2 aliphatic rings. The first-order valence-corrected chi connectivity index (χ1v) is 6.88. The zero-order valence-corrected chi connectivity index (χ0v) is 10.9. The minimum Gasteiger partial charge on any atom is -0.310 e. The van der Waals surface area contributed by atoms with Crippen LogP contribution in [0.4, 0.5) is 5.69 Å². The molecule has 0 aliphatic carbocycles. The maximum Gasteiger partial charge on any atom is 0.244 e. The van der Waals surface area contributed by atoms with E-state index in [1.807, 2.05) is 17.0 Å². The van der Waals surface area contributed by atoms with E-state index < -0.39 is 0 Å². The third kappa shape index (κ3) is 2.03. The molecule has 1 aromatic carbocycles. The van der Waals surface area contributed by atoms with Crippen molar-refractivity contribution in [2.75, 3.05) is 18.0 Å². The quantitative estimate of drug-likeness (QED) is 0.819. The summed E-state index contributed by atoms with van der Waals surface area (Å²) in [5.41, 5.74) is 2.41. The molecule has 1 aromatic rings. The fraction of sp³-hybridized carbons (Fsp3) is 0.533. The minimum absolute atomic E-state index is 0.0138. The van der Waals surface area contributed by atoms with E-state index in [-0.39, 0.29) is 11.9 Å². The first-order valence-electron chi connectivity index (χ1n) is 6.88. The molecule has 2 heterocycles. The second-order valence-electron chi connectivity index (χ2n) is 5.50. The zero-order valence-electron chi connectivity index (χ0n) is 10.9. The number of hydrogen-bond acceptors (Lipinski definition) is 2. The Morgan fingerprint density at radius 2 is 2.22 bits per heavy atom. The second-order valence-corrected chi connectivity index (χ2v) is 5.50. The number of benzene rings is 1. The number of carbonyl (C=O) groups excluding carboxylic acids is 1. The van der Waals surface area contributed by atoms with Crippen LogP contribution in [0, 0.1) is 5.92 Å². The van der Waals surface area contributed by atoms with Crippen LogP contribution >= 0.6 is 0 Å². The summed E-state index contributed by atoms with van der Waals surface area (Å²) >= 11 is 0. The fourth-order valence-electron chi connectivity index (χ4n) is 3.05. The molecule has 1 saturated heterocycles. The van der Waals surface area contributed by atoms with Crippen LogP contribution in [0.25, 0.3) is 0 Å². The highest BCUT2D eigenvalue weighted by Gasteiger charge is 2.32. The molecule has 0 saturated carbocycles. The number of para-hydroxylation sites is 1. The van der Waals surface area contributed by atoms with Gasteiger partial charge in [0.1, 0.15) is 0 Å². The Labute approximate surface area is 108 Å². The molecule has 3 rings (SSSR count). The van der Waals surface area contributed by atoms with Gasteiger partial charge in [0, 0.05) is 12.2 Å². The Morgan fingerprint density at radius 1 is 1.39 bits per heavy atom. The first kappa shape index (κ1) is 11.7. The summed E-state index contributed by atoms with van der Waals surface area (Å²) in [5.74, 6) is 0.907. The topological polar surface area (TPSA) is 32.3 Å². The lowest BCUT2D eigenvalue weighted by Gasteiger charge is -2.30. The number of anilines is 1. The number of fused-ring (bicyclic) bond motifs is 1. The number of nitrogens with zero attached hydrogens (tertiary/aromatic N) is 1. The van der Waals surface area contributed by atoms with Gasteiger partial charge in [-0.2, -0.15) is 0 Å². The number of hydrogen-bond donors (Lipinski definition) is 1. The Kier molecular flexibility index (Phi) is 3.08. The summed E-state index contributed by atoms with van der Waals surface area (Å²) in [4.78, 5) is 14.5. The molecular weight excluding hydrogens is 224 g/mol. The van der Waals surface area contributed by atoms with E-state index in [0.29, 0.717) is 5.92 Å². The van der Waals surface area contributed by atoms with Crippen molar-refractivity contribution in [2.45, 2.75) is 32.2 Å². The number of rotatable bonds is 1. The molecule has 1 N–H and O–H groups in total. The van der Waals surface area contributed by atoms with Gasteiger partial charge in [0.2, 0.25) is 5.91 Å². The van der Waals surface area contributed by atoms with Crippen molar-refractivity contribution < 1.29 is 4.79 Å². The average Bonchev–Trinajstić information content (AvgIpc) is 2.82. The normalized spacial score (nSPS) is 27.1. The Balaban J connectivity index is 1.78. The van der Waals surface area contributed by atoms with E-state index in [2.05, 4.69) is 24.4 Å². The molecule has 3 nitrogen and oxygen atoms in total. The van der Waals surface area contributed by atoms with E-state index in [1.165, 1.54) is 12.0 Å². The molecule has 0 aromatic heterocycles. The molecule has 1 amide bonds. The summed E-state index contributed by atoms with van der Waals surface area (Å²) in [6.07, 6.45) is 3.14. The van der Waals surface area contributed by atoms with Gasteiger partial charge >= 0.3 is 0 Å². The van der Waals surface area contributed by atoms with E-state index in [9.17, 15) is 4.79 Å². The second kappa shape index (κ2) is 4.73. The van der Waals surface area contributed by atoms with E-state index in [4.69, 9.17) is 0 Å². The first-order chi connectivity index (χ1) is 8.75. The average molecular weight is 244 g/mol. The molecule has 2 atom stereocenters. The standard InChI is InChI=1S/C15H20N2O/c1-11-6-8-16-13(10-11)15(18)17-9-7-12-4-2-3-5-14(12)17/h2-5,11,13,16H,6-10H2,1H3. The van der Waals surface area contributed by atoms with Crippen molar-refractivity contribution in [3.8, 4) is 0 Å². The molecule has 0 radical (unpaired) electrons. The molecule has 2 aliphatic heterocycles. The van der Waals surface area contributed by atoms with Gasteiger partial charge in [-0.05, 0) is 43.4 Å². The molecule has 18 heavy (non-hydrogen) atoms. The Hall–Kier alpha value is -1.35. The highest BCUT2D eigenvalue weighted by Crippen LogP contribution is 2.29. The monoisotopic (exact) mass is 244 g/mol. The largest absolute Gasteiger partial charge is 0.310 e. The molecule has 2 unspecified atom stereocenters. The highest BCUT2D eigenvalue weighted by atomic mass is 16.2. The van der Waals surface area contributed by atoms with Gasteiger partial charge in [0.15, 0.2) is 0 Å². The molecule has 3 heteroatoms. The SMILES string of the molecule is CC1CCNC(C(=O)N2CCc3ccccc32)C1. The summed E-state index contributed by atoms with van der Waals surface area (Å²) in [7, 11) is 0. The number of piperidine rings is 1. The molecule has 0 spiro atoms. The van der Waals surface area contributed by atoms with E-state index >= 15 is 0 Å². The number of carbonyl (C=O) groups is 1. The number of nitrogens with one attached hydrogen (secondary N) is 1. The van der Waals surface area contributed by atoms with Crippen molar-refractivity contribution in [1.29, 1.82) is 0 Å². The lowest BCUT2D eigenvalue weighted by atomic mass is 9.93. The third-order valence-electron chi connectivity index (χ3n) is 4.12. The van der Waals surface area contributed by atoms with Gasteiger partial charge in [-0.3, -0.25) is 4.79 Å². The van der Waals surface area contributed by atoms with Crippen LogP contribution < -0.4 is 10.2 Å². The minimum atomic E-state index is 0.0138. The summed E-state index contributed by atoms with van der Waals surface area (Å²) < 4.78 is 0. The summed E-state index contributed by atoms with van der Waals surface area (Å²) in [5, 5.41) is 3.37. The summed E-state index contributed by atoms with van der Waals surface area (Å²) in [6, 6.07) is 8.26. The van der Waals surface area contributed by atoms with Gasteiger partial charge in [0.05, 0.1) is 6.04 Å². The molecule has 0 bridgehead atoms. The van der Waals surface area contributed by atoms with Crippen molar-refractivity contribution in [3.63, 3.8) is 0 Å². The van der Waals surface area contributed by atoms with Crippen LogP contribution in [0.2, 0.25) is 0 Å². The van der Waals surface area contributed by atoms with Crippen LogP contribution in [-0.2, 0) is 11.2 Å². The van der Waals surface area contributed by atoms with Crippen LogP contribution in [0.3, 0.4) is 0 Å².